The molecule has 4 rings (SSSR count). The molecule has 0 atom stereocenters. The van der Waals surface area contributed by atoms with Gasteiger partial charge in [-0.1, -0.05) is 47.0 Å². The lowest BCUT2D eigenvalue weighted by Crippen LogP contribution is -2.07. The number of oxazole rings is 1. The van der Waals surface area contributed by atoms with E-state index in [2.05, 4.69) is 10.3 Å². The molecule has 0 saturated heterocycles. The van der Waals surface area contributed by atoms with Gasteiger partial charge in [0, 0.05) is 33.4 Å². The van der Waals surface area contributed by atoms with Gasteiger partial charge in [-0.25, -0.2) is 4.98 Å². The molecule has 0 aliphatic rings. The Bertz CT molecular complexity index is 1240. The summed E-state index contributed by atoms with van der Waals surface area (Å²) in [6.07, 6.45) is 3.05. The summed E-state index contributed by atoms with van der Waals surface area (Å²) in [5.41, 5.74) is 4.69. The number of anilines is 1. The number of nitrogens with one attached hydrogen (secondary N) is 1. The third-order valence-corrected chi connectivity index (χ3v) is 4.86. The quantitative estimate of drug-likeness (QED) is 0.369. The van der Waals surface area contributed by atoms with Crippen molar-refractivity contribution in [2.24, 2.45) is 0 Å². The van der Waals surface area contributed by atoms with Gasteiger partial charge in [0.05, 0.1) is 0 Å². The van der Waals surface area contributed by atoms with E-state index >= 15 is 0 Å². The lowest BCUT2D eigenvalue weighted by molar-refractivity contribution is -0.111. The topological polar surface area (TPSA) is 55.1 Å². The van der Waals surface area contributed by atoms with Gasteiger partial charge in [-0.15, -0.1) is 0 Å². The van der Waals surface area contributed by atoms with E-state index in [1.165, 1.54) is 6.08 Å². The van der Waals surface area contributed by atoms with Crippen LogP contribution in [0.15, 0.2) is 71.2 Å². The Morgan fingerprint density at radius 3 is 2.72 bits per heavy atom. The van der Waals surface area contributed by atoms with Gasteiger partial charge in [0.1, 0.15) is 5.52 Å². The fourth-order valence-corrected chi connectivity index (χ4v) is 3.36. The molecule has 4 aromatic rings. The number of carbonyl (C=O) groups is 1. The van der Waals surface area contributed by atoms with Gasteiger partial charge in [-0.3, -0.25) is 4.79 Å². The third kappa shape index (κ3) is 4.50. The van der Waals surface area contributed by atoms with E-state index in [0.717, 1.165) is 16.6 Å². The summed E-state index contributed by atoms with van der Waals surface area (Å²) < 4.78 is 5.88. The van der Waals surface area contributed by atoms with E-state index in [1.807, 2.05) is 37.3 Å². The lowest BCUT2D eigenvalue weighted by Gasteiger charge is -2.02. The van der Waals surface area contributed by atoms with Crippen LogP contribution < -0.4 is 5.32 Å². The standard InChI is InChI=1S/C23H16Cl2N2O2/c1-14-3-2-4-16(11-14)23-27-20-9-8-18(13-21(20)29-23)26-22(28)10-6-15-5-7-17(24)12-19(15)25/h2-13H,1H3,(H,26,28)/b10-6+. The first-order valence-electron chi connectivity index (χ1n) is 8.90. The predicted octanol–water partition coefficient (Wildman–Crippen LogP) is 6.76. The predicted molar refractivity (Wildman–Crippen MR) is 118 cm³/mol. The van der Waals surface area contributed by atoms with Crippen LogP contribution >= 0.6 is 23.2 Å². The molecule has 1 aromatic heterocycles. The Labute approximate surface area is 177 Å². The van der Waals surface area contributed by atoms with Crippen molar-refractivity contribution in [3.05, 3.63) is 87.9 Å². The molecule has 4 nitrogen and oxygen atoms in total. The van der Waals surface area contributed by atoms with Gasteiger partial charge >= 0.3 is 0 Å². The highest BCUT2D eigenvalue weighted by molar-refractivity contribution is 6.35. The molecule has 1 heterocycles. The second kappa shape index (κ2) is 8.11. The molecule has 0 bridgehead atoms. The van der Waals surface area contributed by atoms with Gasteiger partial charge in [-0.05, 0) is 55.0 Å². The van der Waals surface area contributed by atoms with Crippen LogP contribution in [0.1, 0.15) is 11.1 Å². The molecule has 1 amide bonds. The molecular formula is C23H16Cl2N2O2. The number of nitrogens with zero attached hydrogens (tertiary/aromatic N) is 1. The van der Waals surface area contributed by atoms with Crippen molar-refractivity contribution in [3.63, 3.8) is 0 Å². The number of benzene rings is 3. The van der Waals surface area contributed by atoms with Crippen molar-refractivity contribution in [1.82, 2.24) is 4.98 Å². The number of aryl methyl sites for hydroxylation is 1. The van der Waals surface area contributed by atoms with Crippen molar-refractivity contribution in [2.45, 2.75) is 6.92 Å². The normalized spacial score (nSPS) is 11.3. The van der Waals surface area contributed by atoms with Crippen LogP contribution in [-0.2, 0) is 4.79 Å². The molecule has 6 heteroatoms. The molecule has 144 valence electrons. The Balaban J connectivity index is 1.52. The highest BCUT2D eigenvalue weighted by Gasteiger charge is 2.10. The molecule has 29 heavy (non-hydrogen) atoms. The van der Waals surface area contributed by atoms with Crippen LogP contribution in [0, 0.1) is 6.92 Å². The minimum atomic E-state index is -0.284. The highest BCUT2D eigenvalue weighted by atomic mass is 35.5. The van der Waals surface area contributed by atoms with E-state index < -0.39 is 0 Å². The first-order valence-corrected chi connectivity index (χ1v) is 9.65. The van der Waals surface area contributed by atoms with Gasteiger partial charge in [0.2, 0.25) is 11.8 Å². The Hall–Kier alpha value is -3.08. The maximum absolute atomic E-state index is 12.3. The second-order valence-corrected chi connectivity index (χ2v) is 7.40. The summed E-state index contributed by atoms with van der Waals surface area (Å²) in [6.45, 7) is 2.02. The van der Waals surface area contributed by atoms with Crippen LogP contribution in [0.5, 0.6) is 0 Å². The molecule has 0 saturated carbocycles. The fourth-order valence-electron chi connectivity index (χ4n) is 2.89. The molecule has 0 fully saturated rings. The summed E-state index contributed by atoms with van der Waals surface area (Å²) in [7, 11) is 0. The van der Waals surface area contributed by atoms with Crippen molar-refractivity contribution in [3.8, 4) is 11.5 Å². The summed E-state index contributed by atoms with van der Waals surface area (Å²) in [5, 5.41) is 3.83. The van der Waals surface area contributed by atoms with E-state index in [0.29, 0.717) is 32.8 Å². The minimum Gasteiger partial charge on any atom is -0.436 e. The van der Waals surface area contributed by atoms with E-state index in [4.69, 9.17) is 27.6 Å². The number of halogens is 2. The average Bonchev–Trinajstić information content (AvgIpc) is 3.11. The van der Waals surface area contributed by atoms with E-state index in [-0.39, 0.29) is 5.91 Å². The number of carbonyl (C=O) groups excluding carboxylic acids is 1. The van der Waals surface area contributed by atoms with Crippen LogP contribution in [-0.4, -0.2) is 10.9 Å². The number of amides is 1. The van der Waals surface area contributed by atoms with Crippen LogP contribution in [0.3, 0.4) is 0 Å². The smallest absolute Gasteiger partial charge is 0.248 e. The van der Waals surface area contributed by atoms with Crippen molar-refractivity contribution < 1.29 is 9.21 Å². The first kappa shape index (κ1) is 19.2. The van der Waals surface area contributed by atoms with Crippen LogP contribution in [0.2, 0.25) is 10.0 Å². The number of aromatic nitrogens is 1. The Kier molecular flexibility index (Phi) is 5.38. The molecule has 0 aliphatic carbocycles. The third-order valence-electron chi connectivity index (χ3n) is 4.30. The Morgan fingerprint density at radius 1 is 1.07 bits per heavy atom. The SMILES string of the molecule is Cc1cccc(-c2nc3ccc(NC(=O)/C=C/c4ccc(Cl)cc4Cl)cc3o2)c1. The second-order valence-electron chi connectivity index (χ2n) is 6.56. The van der Waals surface area contributed by atoms with Gasteiger partial charge < -0.3 is 9.73 Å². The zero-order valence-corrected chi connectivity index (χ0v) is 17.0. The summed E-state index contributed by atoms with van der Waals surface area (Å²) >= 11 is 12.0. The van der Waals surface area contributed by atoms with Gasteiger partial charge in [-0.2, -0.15) is 0 Å². The van der Waals surface area contributed by atoms with Crippen molar-refractivity contribution >= 4 is 52.0 Å². The van der Waals surface area contributed by atoms with Gasteiger partial charge in [0.15, 0.2) is 5.58 Å². The average molecular weight is 423 g/mol. The highest BCUT2D eigenvalue weighted by Crippen LogP contribution is 2.27. The van der Waals surface area contributed by atoms with Crippen molar-refractivity contribution in [1.29, 1.82) is 0 Å². The lowest BCUT2D eigenvalue weighted by atomic mass is 10.1. The van der Waals surface area contributed by atoms with Crippen LogP contribution in [0.25, 0.3) is 28.6 Å². The Morgan fingerprint density at radius 2 is 1.93 bits per heavy atom. The molecule has 0 radical (unpaired) electrons. The number of hydrogen-bond donors (Lipinski definition) is 1. The number of rotatable bonds is 4. The molecular weight excluding hydrogens is 407 g/mol. The fraction of sp³-hybridized carbons (Fsp3) is 0.0435. The van der Waals surface area contributed by atoms with Crippen molar-refractivity contribution in [2.75, 3.05) is 5.32 Å². The van der Waals surface area contributed by atoms with Gasteiger partial charge in [0.25, 0.3) is 0 Å². The molecule has 0 aliphatic heterocycles. The summed E-state index contributed by atoms with van der Waals surface area (Å²) in [6, 6.07) is 18.4. The molecule has 0 unspecified atom stereocenters. The van der Waals surface area contributed by atoms with E-state index in [1.54, 1.807) is 36.4 Å². The molecule has 3 aromatic carbocycles. The summed E-state index contributed by atoms with van der Waals surface area (Å²) in [4.78, 5) is 16.8. The number of fused-ring (bicyclic) bond motifs is 1. The number of hydrogen-bond acceptors (Lipinski definition) is 3. The molecule has 0 spiro atoms. The maximum Gasteiger partial charge on any atom is 0.248 e. The van der Waals surface area contributed by atoms with Crippen LogP contribution in [0.4, 0.5) is 5.69 Å². The first-order chi connectivity index (χ1) is 14.0. The largest absolute Gasteiger partial charge is 0.436 e. The molecule has 1 N–H and O–H groups in total. The maximum atomic E-state index is 12.3. The zero-order valence-electron chi connectivity index (χ0n) is 15.4. The zero-order chi connectivity index (χ0) is 20.4. The van der Waals surface area contributed by atoms with E-state index in [9.17, 15) is 4.79 Å². The minimum absolute atomic E-state index is 0.284. The monoisotopic (exact) mass is 422 g/mol. The summed E-state index contributed by atoms with van der Waals surface area (Å²) in [5.74, 6) is 0.262.